The molecule has 0 saturated carbocycles. The summed E-state index contributed by atoms with van der Waals surface area (Å²) in [6.07, 6.45) is 2.30. The van der Waals surface area contributed by atoms with Crippen LogP contribution in [0.4, 0.5) is 10.8 Å². The van der Waals surface area contributed by atoms with Gasteiger partial charge in [-0.15, -0.1) is 0 Å². The van der Waals surface area contributed by atoms with Gasteiger partial charge in [-0.2, -0.15) is 4.37 Å². The number of nitrogens with two attached hydrogens (primary N) is 1. The second-order valence-electron chi connectivity index (χ2n) is 4.15. The van der Waals surface area contributed by atoms with Gasteiger partial charge in [0.1, 0.15) is 0 Å². The predicted octanol–water partition coefficient (Wildman–Crippen LogP) is 1.24. The van der Waals surface area contributed by atoms with Gasteiger partial charge in [0.15, 0.2) is 16.6 Å². The number of rotatable bonds is 3. The fraction of sp³-hybridized carbons (Fsp3) is 0.700. The molecule has 0 atom stereocenters. The molecule has 2 heterocycles. The van der Waals surface area contributed by atoms with Crippen molar-refractivity contribution in [3.05, 3.63) is 0 Å². The molecule has 0 bridgehead atoms. The molecule has 0 amide bonds. The second kappa shape index (κ2) is 4.88. The van der Waals surface area contributed by atoms with E-state index < -0.39 is 0 Å². The number of methoxy groups -OCH3 is 1. The minimum atomic E-state index is 0.475. The number of nitrogens with zero attached hydrogens (tertiary/aromatic N) is 2. The Morgan fingerprint density at radius 1 is 1.50 bits per heavy atom. The Morgan fingerprint density at radius 3 is 2.81 bits per heavy atom. The van der Waals surface area contributed by atoms with Crippen LogP contribution in [0.5, 0.6) is 5.75 Å². The lowest BCUT2D eigenvalue weighted by Crippen LogP contribution is -2.36. The predicted molar refractivity (Wildman–Crippen MR) is 67.2 cm³/mol. The molecule has 1 aromatic rings. The molecule has 5 nitrogen and oxygen atoms in total. The fourth-order valence-corrected chi connectivity index (χ4v) is 2.68. The summed E-state index contributed by atoms with van der Waals surface area (Å²) in [5.41, 5.74) is 5.71. The molecule has 1 saturated heterocycles. The molecule has 16 heavy (non-hydrogen) atoms. The first-order valence-corrected chi connectivity index (χ1v) is 6.22. The van der Waals surface area contributed by atoms with Crippen molar-refractivity contribution in [3.8, 4) is 5.75 Å². The van der Waals surface area contributed by atoms with E-state index in [1.807, 2.05) is 0 Å². The first kappa shape index (κ1) is 11.5. The maximum atomic E-state index is 5.71. The number of piperidine rings is 1. The largest absolute Gasteiger partial charge is 0.490 e. The van der Waals surface area contributed by atoms with Crippen molar-refractivity contribution in [1.82, 2.24) is 9.27 Å². The van der Waals surface area contributed by atoms with Crippen LogP contribution in [0.3, 0.4) is 0 Å². The normalized spacial score (nSPS) is 18.6. The van der Waals surface area contributed by atoms with Gasteiger partial charge in [0, 0.05) is 6.04 Å². The van der Waals surface area contributed by atoms with Crippen LogP contribution < -0.4 is 15.8 Å². The molecule has 0 unspecified atom stereocenters. The number of ether oxygens (including phenoxy) is 1. The van der Waals surface area contributed by atoms with Crippen LogP contribution in [0.15, 0.2) is 0 Å². The molecule has 6 heteroatoms. The number of likely N-dealkylation sites (tertiary alicyclic amines) is 1. The molecular weight excluding hydrogens is 224 g/mol. The molecule has 1 fully saturated rings. The molecule has 0 spiro atoms. The van der Waals surface area contributed by atoms with Crippen molar-refractivity contribution >= 4 is 22.4 Å². The van der Waals surface area contributed by atoms with E-state index in [2.05, 4.69) is 21.6 Å². The van der Waals surface area contributed by atoms with E-state index in [1.165, 1.54) is 11.5 Å². The highest BCUT2D eigenvalue weighted by atomic mass is 32.1. The van der Waals surface area contributed by atoms with Crippen molar-refractivity contribution in [2.24, 2.45) is 0 Å². The number of anilines is 2. The van der Waals surface area contributed by atoms with E-state index in [1.54, 1.807) is 7.11 Å². The van der Waals surface area contributed by atoms with Gasteiger partial charge in [-0.3, -0.25) is 0 Å². The van der Waals surface area contributed by atoms with E-state index in [4.69, 9.17) is 10.5 Å². The van der Waals surface area contributed by atoms with Crippen LogP contribution >= 0.6 is 11.5 Å². The Labute approximate surface area is 99.7 Å². The summed E-state index contributed by atoms with van der Waals surface area (Å²) in [5.74, 6) is 1.16. The third-order valence-corrected chi connectivity index (χ3v) is 3.71. The zero-order chi connectivity index (χ0) is 11.5. The van der Waals surface area contributed by atoms with Crippen molar-refractivity contribution < 1.29 is 4.74 Å². The highest BCUT2D eigenvalue weighted by Gasteiger charge is 2.20. The van der Waals surface area contributed by atoms with Gasteiger partial charge in [0.2, 0.25) is 0 Å². The lowest BCUT2D eigenvalue weighted by molar-refractivity contribution is 0.264. The lowest BCUT2D eigenvalue weighted by Gasteiger charge is -2.29. The first-order chi connectivity index (χ1) is 7.70. The van der Waals surface area contributed by atoms with Crippen molar-refractivity contribution in [3.63, 3.8) is 0 Å². The standard InChI is InChI=1S/C10H18N4OS/c1-14-5-3-7(4-6-14)12-10-8(15-2)9(11)13-16-10/h7,12H,3-6H2,1-2H3,(H2,11,13). The van der Waals surface area contributed by atoms with Crippen LogP contribution in [0, 0.1) is 0 Å². The lowest BCUT2D eigenvalue weighted by atomic mass is 10.1. The molecule has 1 aliphatic rings. The molecular formula is C10H18N4OS. The highest BCUT2D eigenvalue weighted by Crippen LogP contribution is 2.35. The van der Waals surface area contributed by atoms with Gasteiger partial charge in [-0.05, 0) is 44.5 Å². The molecule has 90 valence electrons. The van der Waals surface area contributed by atoms with E-state index in [9.17, 15) is 0 Å². The van der Waals surface area contributed by atoms with Gasteiger partial charge in [0.25, 0.3) is 0 Å². The average molecular weight is 242 g/mol. The van der Waals surface area contributed by atoms with Crippen molar-refractivity contribution in [2.75, 3.05) is 38.3 Å². The Balaban J connectivity index is 1.98. The van der Waals surface area contributed by atoms with Crippen LogP contribution in [0.2, 0.25) is 0 Å². The first-order valence-electron chi connectivity index (χ1n) is 5.45. The second-order valence-corrected chi connectivity index (χ2v) is 4.93. The van der Waals surface area contributed by atoms with Gasteiger partial charge >= 0.3 is 0 Å². The minimum Gasteiger partial charge on any atom is -0.490 e. The summed E-state index contributed by atoms with van der Waals surface area (Å²) in [7, 11) is 3.78. The summed E-state index contributed by atoms with van der Waals surface area (Å²) < 4.78 is 9.32. The van der Waals surface area contributed by atoms with Gasteiger partial charge < -0.3 is 20.7 Å². The van der Waals surface area contributed by atoms with E-state index in [0.717, 1.165) is 30.9 Å². The Hall–Kier alpha value is -1.01. The van der Waals surface area contributed by atoms with Crippen molar-refractivity contribution in [1.29, 1.82) is 0 Å². The van der Waals surface area contributed by atoms with Crippen molar-refractivity contribution in [2.45, 2.75) is 18.9 Å². The van der Waals surface area contributed by atoms with Crippen LogP contribution in [0.25, 0.3) is 0 Å². The van der Waals surface area contributed by atoms with Crippen LogP contribution in [-0.2, 0) is 0 Å². The van der Waals surface area contributed by atoms with Gasteiger partial charge in [-0.1, -0.05) is 0 Å². The minimum absolute atomic E-state index is 0.475. The number of hydrogen-bond acceptors (Lipinski definition) is 6. The Kier molecular flexibility index (Phi) is 3.50. The number of hydrogen-bond donors (Lipinski definition) is 2. The van der Waals surface area contributed by atoms with Gasteiger partial charge in [0.05, 0.1) is 7.11 Å². The van der Waals surface area contributed by atoms with Gasteiger partial charge in [-0.25, -0.2) is 0 Å². The molecule has 1 aliphatic heterocycles. The third-order valence-electron chi connectivity index (χ3n) is 2.93. The van der Waals surface area contributed by atoms with E-state index in [0.29, 0.717) is 17.6 Å². The Bertz CT molecular complexity index is 347. The molecule has 0 aliphatic carbocycles. The maximum Gasteiger partial charge on any atom is 0.197 e. The molecule has 2 rings (SSSR count). The summed E-state index contributed by atoms with van der Waals surface area (Å²) in [5, 5.41) is 4.42. The van der Waals surface area contributed by atoms with Crippen LogP contribution in [-0.4, -0.2) is 42.6 Å². The monoisotopic (exact) mass is 242 g/mol. The number of nitrogens with one attached hydrogen (secondary N) is 1. The summed E-state index contributed by atoms with van der Waals surface area (Å²) in [4.78, 5) is 2.34. The molecule has 0 radical (unpaired) electrons. The third kappa shape index (κ3) is 2.38. The molecule has 0 aromatic carbocycles. The molecule has 1 aromatic heterocycles. The topological polar surface area (TPSA) is 63.4 Å². The average Bonchev–Trinajstić information content (AvgIpc) is 2.63. The zero-order valence-corrected chi connectivity index (χ0v) is 10.5. The quantitative estimate of drug-likeness (QED) is 0.835. The van der Waals surface area contributed by atoms with E-state index in [-0.39, 0.29) is 0 Å². The SMILES string of the molecule is COc1c(N)nsc1NC1CCN(C)CC1. The summed E-state index contributed by atoms with van der Waals surface area (Å²) in [6.45, 7) is 2.27. The fourth-order valence-electron chi connectivity index (χ4n) is 1.92. The maximum absolute atomic E-state index is 5.71. The van der Waals surface area contributed by atoms with E-state index >= 15 is 0 Å². The highest BCUT2D eigenvalue weighted by molar-refractivity contribution is 7.11. The number of nitrogen functional groups attached to an aromatic ring is 1. The van der Waals surface area contributed by atoms with Crippen LogP contribution in [0.1, 0.15) is 12.8 Å². The molecule has 3 N–H and O–H groups in total. The number of aromatic nitrogens is 1. The zero-order valence-electron chi connectivity index (χ0n) is 9.69. The summed E-state index contributed by atoms with van der Waals surface area (Å²) in [6, 6.07) is 0.505. The summed E-state index contributed by atoms with van der Waals surface area (Å²) >= 11 is 1.37. The Morgan fingerprint density at radius 2 is 2.19 bits per heavy atom. The smallest absolute Gasteiger partial charge is 0.197 e.